The third kappa shape index (κ3) is 9.62. The molecule has 0 unspecified atom stereocenters. The van der Waals surface area contributed by atoms with E-state index in [2.05, 4.69) is 20.3 Å². The van der Waals surface area contributed by atoms with E-state index in [9.17, 15) is 18.0 Å². The summed E-state index contributed by atoms with van der Waals surface area (Å²) < 4.78 is 29.5. The number of anilines is 1. The number of amides is 2. The number of unbranched alkanes of at least 4 members (excludes halogenated alkanes) is 1. The van der Waals surface area contributed by atoms with Crippen molar-refractivity contribution in [3.63, 3.8) is 0 Å². The van der Waals surface area contributed by atoms with Crippen LogP contribution in [0.4, 0.5) is 9.93 Å². The Kier molecular flexibility index (Phi) is 10.1. The van der Waals surface area contributed by atoms with Gasteiger partial charge in [-0.15, -0.1) is 11.3 Å². The van der Waals surface area contributed by atoms with Crippen LogP contribution in [-0.2, 0) is 26.3 Å². The summed E-state index contributed by atoms with van der Waals surface area (Å²) in [5.74, 6) is -0.483. The molecule has 3 aromatic rings. The van der Waals surface area contributed by atoms with Crippen LogP contribution in [-0.4, -0.2) is 38.0 Å². The van der Waals surface area contributed by atoms with Crippen LogP contribution < -0.4 is 20.5 Å². The zero-order valence-electron chi connectivity index (χ0n) is 19.7. The van der Waals surface area contributed by atoms with Gasteiger partial charge in [-0.05, 0) is 37.0 Å². The van der Waals surface area contributed by atoms with Gasteiger partial charge in [0.05, 0.1) is 17.3 Å². The number of hydrogen-bond acceptors (Lipinski definition) is 8. The predicted molar refractivity (Wildman–Crippen MR) is 139 cm³/mol. The first kappa shape index (κ1) is 27.8. The van der Waals surface area contributed by atoms with Gasteiger partial charge in [0.25, 0.3) is 10.2 Å². The molecular formula is C24H26N6O5S2. The number of aromatic nitrogens is 1. The van der Waals surface area contributed by atoms with E-state index in [1.165, 1.54) is 11.3 Å². The lowest BCUT2D eigenvalue weighted by Crippen LogP contribution is -2.44. The normalized spacial score (nSPS) is 11.8. The lowest BCUT2D eigenvalue weighted by molar-refractivity contribution is -0.118. The number of benzene rings is 2. The molecule has 13 heteroatoms. The van der Waals surface area contributed by atoms with Gasteiger partial charge in [-0.1, -0.05) is 42.5 Å². The molecule has 0 saturated heterocycles. The molecule has 37 heavy (non-hydrogen) atoms. The van der Waals surface area contributed by atoms with E-state index in [4.69, 9.17) is 15.1 Å². The molecule has 0 saturated carbocycles. The second-order valence-electron chi connectivity index (χ2n) is 7.91. The summed E-state index contributed by atoms with van der Waals surface area (Å²) in [4.78, 5) is 29.9. The van der Waals surface area contributed by atoms with Gasteiger partial charge >= 0.3 is 6.09 Å². The Bertz CT molecular complexity index is 1340. The van der Waals surface area contributed by atoms with E-state index in [0.717, 1.165) is 5.56 Å². The molecule has 1 heterocycles. The van der Waals surface area contributed by atoms with Crippen molar-refractivity contribution in [3.05, 3.63) is 71.1 Å². The van der Waals surface area contributed by atoms with Crippen molar-refractivity contribution in [2.45, 2.75) is 31.9 Å². The molecule has 0 radical (unpaired) electrons. The molecule has 3 rings (SSSR count). The number of thiazole rings is 1. The van der Waals surface area contributed by atoms with Crippen LogP contribution in [0.1, 0.15) is 30.4 Å². The predicted octanol–water partition coefficient (Wildman–Crippen LogP) is 2.88. The molecule has 0 fully saturated rings. The van der Waals surface area contributed by atoms with Crippen LogP contribution >= 0.6 is 11.3 Å². The number of ether oxygens (including phenoxy) is 1. The Balaban J connectivity index is 1.59. The average molecular weight is 543 g/mol. The lowest BCUT2D eigenvalue weighted by atomic mass is 10.1. The number of carbonyl (C=O) groups excluding carboxylic acids is 2. The third-order valence-electron chi connectivity index (χ3n) is 5.09. The molecule has 2 amide bonds. The molecule has 11 nitrogen and oxygen atoms in total. The number of alkyl carbamates (subject to hydrolysis) is 1. The molecule has 0 aliphatic rings. The molecule has 0 bridgehead atoms. The summed E-state index contributed by atoms with van der Waals surface area (Å²) in [5.41, 5.74) is 2.78. The average Bonchev–Trinajstić information content (AvgIpc) is 3.35. The van der Waals surface area contributed by atoms with Crippen LogP contribution in [0.3, 0.4) is 0 Å². The highest BCUT2D eigenvalue weighted by molar-refractivity contribution is 7.87. The first-order valence-electron chi connectivity index (χ1n) is 11.2. The first-order valence-corrected chi connectivity index (χ1v) is 13.7. The van der Waals surface area contributed by atoms with Crippen LogP contribution in [0.2, 0.25) is 0 Å². The maximum absolute atomic E-state index is 13.0. The van der Waals surface area contributed by atoms with Gasteiger partial charge in [0, 0.05) is 17.5 Å². The Labute approximate surface area is 218 Å². The second-order valence-corrected chi connectivity index (χ2v) is 10.1. The third-order valence-corrected chi connectivity index (χ3v) is 6.45. The van der Waals surface area contributed by atoms with Crippen molar-refractivity contribution < 1.29 is 22.7 Å². The monoisotopic (exact) mass is 542 g/mol. The summed E-state index contributed by atoms with van der Waals surface area (Å²) in [5, 5.41) is 21.3. The van der Waals surface area contributed by atoms with Crippen LogP contribution in [0.25, 0.3) is 11.3 Å². The SMILES string of the molecule is N#Cc1ccc(COC(=O)N[C@H](CCCCNS(N)(=O)=O)C(=O)Nc2nc(-c3ccccc3)cs2)cc1. The van der Waals surface area contributed by atoms with Gasteiger partial charge in [0.2, 0.25) is 5.91 Å². The highest BCUT2D eigenvalue weighted by atomic mass is 32.2. The Morgan fingerprint density at radius 2 is 1.84 bits per heavy atom. The van der Waals surface area contributed by atoms with E-state index < -0.39 is 28.3 Å². The van der Waals surface area contributed by atoms with Gasteiger partial charge < -0.3 is 15.4 Å². The molecule has 1 aromatic heterocycles. The van der Waals surface area contributed by atoms with Crippen molar-refractivity contribution >= 4 is 38.7 Å². The smallest absolute Gasteiger partial charge is 0.408 e. The Morgan fingerprint density at radius 3 is 2.51 bits per heavy atom. The number of nitriles is 1. The standard InChI is InChI=1S/C24H26N6O5S2/c25-14-17-9-11-18(12-10-17)15-35-24(32)29-20(8-4-5-13-27-37(26,33)34)22(31)30-23-28-21(16-36-23)19-6-2-1-3-7-19/h1-3,6-7,9-12,16,20,27H,4-5,8,13,15H2,(H,29,32)(H2,26,33,34)(H,28,30,31)/t20-/m1/s1. The Morgan fingerprint density at radius 1 is 1.11 bits per heavy atom. The summed E-state index contributed by atoms with van der Waals surface area (Å²) in [6, 6.07) is 17.1. The maximum atomic E-state index is 13.0. The number of nitrogens with zero attached hydrogens (tertiary/aromatic N) is 2. The fourth-order valence-corrected chi connectivity index (χ4v) is 4.38. The fraction of sp³-hybridized carbons (Fsp3) is 0.250. The van der Waals surface area contributed by atoms with E-state index in [-0.39, 0.29) is 19.6 Å². The van der Waals surface area contributed by atoms with Crippen molar-refractivity contribution in [3.8, 4) is 17.3 Å². The molecule has 0 aliphatic heterocycles. The molecule has 194 valence electrons. The molecule has 2 aromatic carbocycles. The van der Waals surface area contributed by atoms with E-state index >= 15 is 0 Å². The number of nitrogens with two attached hydrogens (primary N) is 1. The second kappa shape index (κ2) is 13.5. The van der Waals surface area contributed by atoms with Crippen LogP contribution in [0.5, 0.6) is 0 Å². The Hall–Kier alpha value is -3.83. The molecule has 1 atom stereocenters. The van der Waals surface area contributed by atoms with Crippen molar-refractivity contribution in [2.24, 2.45) is 5.14 Å². The zero-order valence-corrected chi connectivity index (χ0v) is 21.3. The zero-order chi connectivity index (χ0) is 26.7. The topological polar surface area (TPSA) is 176 Å². The van der Waals surface area contributed by atoms with E-state index in [1.54, 1.807) is 24.3 Å². The van der Waals surface area contributed by atoms with Crippen molar-refractivity contribution in [1.82, 2.24) is 15.0 Å². The fourth-order valence-electron chi connectivity index (χ4n) is 3.23. The van der Waals surface area contributed by atoms with Gasteiger partial charge in [-0.2, -0.15) is 13.7 Å². The number of nitrogens with one attached hydrogen (secondary N) is 3. The lowest BCUT2D eigenvalue weighted by Gasteiger charge is -2.17. The van der Waals surface area contributed by atoms with Gasteiger partial charge in [0.15, 0.2) is 5.13 Å². The highest BCUT2D eigenvalue weighted by Crippen LogP contribution is 2.24. The van der Waals surface area contributed by atoms with Crippen LogP contribution in [0.15, 0.2) is 60.0 Å². The van der Waals surface area contributed by atoms with E-state index in [0.29, 0.717) is 34.8 Å². The summed E-state index contributed by atoms with van der Waals surface area (Å²) in [6.45, 7) is 0.0559. The quantitative estimate of drug-likeness (QED) is 0.254. The number of hydrogen-bond donors (Lipinski definition) is 4. The van der Waals surface area contributed by atoms with Crippen molar-refractivity contribution in [2.75, 3.05) is 11.9 Å². The molecule has 5 N–H and O–H groups in total. The highest BCUT2D eigenvalue weighted by Gasteiger charge is 2.22. The van der Waals surface area contributed by atoms with Gasteiger partial charge in [0.1, 0.15) is 12.6 Å². The largest absolute Gasteiger partial charge is 0.445 e. The summed E-state index contributed by atoms with van der Waals surface area (Å²) in [7, 11) is -3.80. The first-order chi connectivity index (χ1) is 17.7. The van der Waals surface area contributed by atoms with Crippen molar-refractivity contribution in [1.29, 1.82) is 5.26 Å². The minimum Gasteiger partial charge on any atom is -0.445 e. The maximum Gasteiger partial charge on any atom is 0.408 e. The molecule has 0 aliphatic carbocycles. The van der Waals surface area contributed by atoms with Gasteiger partial charge in [-0.3, -0.25) is 4.79 Å². The minimum absolute atomic E-state index is 0.0446. The number of carbonyl (C=O) groups is 2. The molecule has 0 spiro atoms. The molecular weight excluding hydrogens is 516 g/mol. The summed E-state index contributed by atoms with van der Waals surface area (Å²) in [6.07, 6.45) is 0.249. The van der Waals surface area contributed by atoms with Gasteiger partial charge in [-0.25, -0.2) is 19.6 Å². The van der Waals surface area contributed by atoms with Crippen LogP contribution in [0, 0.1) is 11.3 Å². The minimum atomic E-state index is -3.80. The summed E-state index contributed by atoms with van der Waals surface area (Å²) >= 11 is 1.25. The number of rotatable bonds is 12. The van der Waals surface area contributed by atoms with E-state index in [1.807, 2.05) is 41.8 Å².